The third-order valence-corrected chi connectivity index (χ3v) is 4.55. The van der Waals surface area contributed by atoms with Crippen LogP contribution in [-0.4, -0.2) is 46.8 Å². The lowest BCUT2D eigenvalue weighted by atomic mass is 9.88. The van der Waals surface area contributed by atoms with Crippen LogP contribution >= 0.6 is 11.3 Å². The first-order valence-corrected chi connectivity index (χ1v) is 6.91. The molecule has 0 aliphatic carbocycles. The Bertz CT molecular complexity index is 378. The van der Waals surface area contributed by atoms with Crippen LogP contribution in [0.3, 0.4) is 0 Å². The maximum Gasteiger partial charge on any atom is 0.0798 e. The quantitative estimate of drug-likeness (QED) is 0.846. The molecule has 1 aromatic rings. The molecule has 17 heavy (non-hydrogen) atoms. The molecule has 0 aromatic carbocycles. The van der Waals surface area contributed by atoms with E-state index in [0.717, 1.165) is 31.7 Å². The highest BCUT2D eigenvalue weighted by Crippen LogP contribution is 2.24. The van der Waals surface area contributed by atoms with Crippen LogP contribution in [0, 0.1) is 6.92 Å². The Morgan fingerprint density at radius 3 is 3.06 bits per heavy atom. The van der Waals surface area contributed by atoms with Gasteiger partial charge in [0, 0.05) is 18.0 Å². The highest BCUT2D eigenvalue weighted by atomic mass is 32.1. The molecular formula is C12H21N3OS. The van der Waals surface area contributed by atoms with Crippen LogP contribution in [0.1, 0.15) is 23.9 Å². The molecule has 1 saturated heterocycles. The number of hydrogen-bond donors (Lipinski definition) is 2. The molecule has 1 fully saturated rings. The average Bonchev–Trinajstić information content (AvgIpc) is 2.63. The Morgan fingerprint density at radius 2 is 2.47 bits per heavy atom. The van der Waals surface area contributed by atoms with Crippen LogP contribution in [0.2, 0.25) is 0 Å². The van der Waals surface area contributed by atoms with Crippen molar-refractivity contribution in [3.05, 3.63) is 16.1 Å². The fourth-order valence-corrected chi connectivity index (χ4v) is 3.25. The predicted molar refractivity (Wildman–Crippen MR) is 70.2 cm³/mol. The van der Waals surface area contributed by atoms with E-state index in [9.17, 15) is 5.11 Å². The number of aryl methyl sites for hydroxylation is 1. The number of hydrogen-bond acceptors (Lipinski definition) is 5. The summed E-state index contributed by atoms with van der Waals surface area (Å²) in [6.45, 7) is 6.59. The van der Waals surface area contributed by atoms with Crippen molar-refractivity contribution < 1.29 is 5.11 Å². The zero-order chi connectivity index (χ0) is 12.5. The Morgan fingerprint density at radius 1 is 1.71 bits per heavy atom. The number of nitrogens with one attached hydrogen (secondary N) is 1. The summed E-state index contributed by atoms with van der Waals surface area (Å²) in [5.74, 6) is 0. The van der Waals surface area contributed by atoms with E-state index in [2.05, 4.69) is 22.2 Å². The lowest BCUT2D eigenvalue weighted by Gasteiger charge is -2.42. The van der Waals surface area contributed by atoms with Crippen LogP contribution in [0.5, 0.6) is 0 Å². The van der Waals surface area contributed by atoms with Gasteiger partial charge in [-0.3, -0.25) is 4.90 Å². The summed E-state index contributed by atoms with van der Waals surface area (Å²) in [7, 11) is 2.07. The molecule has 2 heterocycles. The summed E-state index contributed by atoms with van der Waals surface area (Å²) in [5, 5.41) is 13.8. The van der Waals surface area contributed by atoms with Gasteiger partial charge in [-0.25, -0.2) is 4.98 Å². The smallest absolute Gasteiger partial charge is 0.0798 e. The van der Waals surface area contributed by atoms with Crippen LogP contribution < -0.4 is 5.32 Å². The van der Waals surface area contributed by atoms with Crippen molar-refractivity contribution in [3.63, 3.8) is 0 Å². The van der Waals surface area contributed by atoms with Crippen LogP contribution in [-0.2, 0) is 6.54 Å². The Balaban J connectivity index is 2.04. The van der Waals surface area contributed by atoms with Crippen molar-refractivity contribution >= 4 is 11.3 Å². The molecule has 0 amide bonds. The van der Waals surface area contributed by atoms with Gasteiger partial charge in [0.05, 0.1) is 22.8 Å². The maximum atomic E-state index is 10.4. The van der Waals surface area contributed by atoms with Gasteiger partial charge in [0.1, 0.15) is 0 Å². The highest BCUT2D eigenvalue weighted by molar-refractivity contribution is 7.09. The SMILES string of the molecule is Cc1ncsc1CN(C)C1CNCCC1(C)O. The van der Waals surface area contributed by atoms with Crippen molar-refractivity contribution in [2.24, 2.45) is 0 Å². The molecule has 0 bridgehead atoms. The van der Waals surface area contributed by atoms with Crippen molar-refractivity contribution in [3.8, 4) is 0 Å². The molecule has 1 aromatic heterocycles. The molecule has 1 aliphatic rings. The van der Waals surface area contributed by atoms with Gasteiger partial charge in [-0.05, 0) is 33.9 Å². The normalized spacial score (nSPS) is 29.8. The molecule has 2 N–H and O–H groups in total. The zero-order valence-corrected chi connectivity index (χ0v) is 11.5. The molecular weight excluding hydrogens is 234 g/mol. The van der Waals surface area contributed by atoms with Gasteiger partial charge in [-0.15, -0.1) is 11.3 Å². The predicted octanol–water partition coefficient (Wildman–Crippen LogP) is 0.996. The van der Waals surface area contributed by atoms with Gasteiger partial charge >= 0.3 is 0 Å². The number of aliphatic hydroxyl groups is 1. The van der Waals surface area contributed by atoms with E-state index < -0.39 is 5.60 Å². The number of nitrogens with zero attached hydrogens (tertiary/aromatic N) is 2. The fourth-order valence-electron chi connectivity index (χ4n) is 2.41. The molecule has 0 radical (unpaired) electrons. The minimum Gasteiger partial charge on any atom is -0.388 e. The second-order valence-electron chi connectivity index (χ2n) is 5.10. The number of aromatic nitrogens is 1. The zero-order valence-electron chi connectivity index (χ0n) is 10.7. The van der Waals surface area contributed by atoms with Crippen LogP contribution in [0.25, 0.3) is 0 Å². The van der Waals surface area contributed by atoms with Crippen molar-refractivity contribution in [2.45, 2.75) is 38.5 Å². The van der Waals surface area contributed by atoms with E-state index in [4.69, 9.17) is 0 Å². The third-order valence-electron chi connectivity index (χ3n) is 3.63. The van der Waals surface area contributed by atoms with Crippen LogP contribution in [0.4, 0.5) is 0 Å². The van der Waals surface area contributed by atoms with E-state index in [-0.39, 0.29) is 6.04 Å². The van der Waals surface area contributed by atoms with Crippen molar-refractivity contribution in [1.29, 1.82) is 0 Å². The van der Waals surface area contributed by atoms with Gasteiger partial charge in [0.15, 0.2) is 0 Å². The first-order valence-electron chi connectivity index (χ1n) is 6.03. The van der Waals surface area contributed by atoms with Gasteiger partial charge in [-0.2, -0.15) is 0 Å². The van der Waals surface area contributed by atoms with E-state index in [1.165, 1.54) is 4.88 Å². The van der Waals surface area contributed by atoms with Gasteiger partial charge < -0.3 is 10.4 Å². The maximum absolute atomic E-state index is 10.4. The van der Waals surface area contributed by atoms with Gasteiger partial charge in [0.2, 0.25) is 0 Å². The highest BCUT2D eigenvalue weighted by Gasteiger charge is 2.37. The molecule has 2 atom stereocenters. The molecule has 1 aliphatic heterocycles. The molecule has 5 heteroatoms. The average molecular weight is 255 g/mol. The van der Waals surface area contributed by atoms with Crippen molar-refractivity contribution in [1.82, 2.24) is 15.2 Å². The molecule has 0 spiro atoms. The molecule has 2 rings (SSSR count). The van der Waals surface area contributed by atoms with E-state index in [1.54, 1.807) is 11.3 Å². The topological polar surface area (TPSA) is 48.4 Å². The summed E-state index contributed by atoms with van der Waals surface area (Å²) >= 11 is 1.69. The minimum atomic E-state index is -0.599. The third kappa shape index (κ3) is 2.85. The van der Waals surface area contributed by atoms with Gasteiger partial charge in [0.25, 0.3) is 0 Å². The summed E-state index contributed by atoms with van der Waals surface area (Å²) in [4.78, 5) is 7.78. The second-order valence-corrected chi connectivity index (χ2v) is 6.04. The first-order chi connectivity index (χ1) is 8.00. The Kier molecular flexibility index (Phi) is 3.82. The Hall–Kier alpha value is -0.490. The number of piperidine rings is 1. The fraction of sp³-hybridized carbons (Fsp3) is 0.750. The summed E-state index contributed by atoms with van der Waals surface area (Å²) in [6.07, 6.45) is 0.809. The monoisotopic (exact) mass is 255 g/mol. The minimum absolute atomic E-state index is 0.165. The molecule has 0 saturated carbocycles. The number of rotatable bonds is 3. The molecule has 4 nitrogen and oxygen atoms in total. The number of likely N-dealkylation sites (N-methyl/N-ethyl adjacent to an activating group) is 1. The van der Waals surface area contributed by atoms with Crippen LogP contribution in [0.15, 0.2) is 5.51 Å². The summed E-state index contributed by atoms with van der Waals surface area (Å²) in [6, 6.07) is 0.165. The lowest BCUT2D eigenvalue weighted by molar-refractivity contribution is -0.0471. The largest absolute Gasteiger partial charge is 0.388 e. The van der Waals surface area contributed by atoms with E-state index in [1.807, 2.05) is 19.4 Å². The summed E-state index contributed by atoms with van der Waals surface area (Å²) < 4.78 is 0. The molecule has 96 valence electrons. The number of thiazole rings is 1. The van der Waals surface area contributed by atoms with Gasteiger partial charge in [-0.1, -0.05) is 0 Å². The second kappa shape index (κ2) is 5.02. The standard InChI is InChI=1S/C12H21N3OS/c1-9-10(17-8-14-9)7-15(3)11-6-13-5-4-12(11,2)16/h8,11,13,16H,4-7H2,1-3H3. The van der Waals surface area contributed by atoms with E-state index >= 15 is 0 Å². The van der Waals surface area contributed by atoms with Crippen molar-refractivity contribution in [2.75, 3.05) is 20.1 Å². The summed E-state index contributed by atoms with van der Waals surface area (Å²) in [5.41, 5.74) is 2.39. The Labute approximate surface area is 107 Å². The first kappa shape index (κ1) is 13.0. The van der Waals surface area contributed by atoms with E-state index in [0.29, 0.717) is 0 Å². The molecule has 2 unspecified atom stereocenters. The lowest BCUT2D eigenvalue weighted by Crippen LogP contribution is -2.58.